The molecule has 4 nitrogen and oxygen atoms in total. The maximum absolute atomic E-state index is 11.9. The van der Waals surface area contributed by atoms with Gasteiger partial charge in [-0.3, -0.25) is 9.63 Å². The second kappa shape index (κ2) is 5.56. The van der Waals surface area contributed by atoms with Crippen molar-refractivity contribution in [3.05, 3.63) is 52.5 Å². The van der Waals surface area contributed by atoms with Gasteiger partial charge in [-0.05, 0) is 12.1 Å². The molecule has 0 aliphatic carbocycles. The zero-order chi connectivity index (χ0) is 12.1. The van der Waals surface area contributed by atoms with Crippen LogP contribution in [0.25, 0.3) is 0 Å². The lowest BCUT2D eigenvalue weighted by atomic mass is 10.2. The summed E-state index contributed by atoms with van der Waals surface area (Å²) in [6, 6.07) is 9.02. The minimum Gasteiger partial charge on any atom is -0.267 e. The van der Waals surface area contributed by atoms with Gasteiger partial charge in [0.05, 0.1) is 11.2 Å². The molecule has 1 aromatic carbocycles. The average molecular weight is 248 g/mol. The SMILES string of the molecule is CN(OCc1cscn1)C(=O)c1ccccc1. The third-order valence-corrected chi connectivity index (χ3v) is 2.83. The van der Waals surface area contributed by atoms with E-state index in [0.29, 0.717) is 12.2 Å². The normalized spacial score (nSPS) is 10.2. The quantitative estimate of drug-likeness (QED) is 0.780. The summed E-state index contributed by atoms with van der Waals surface area (Å²) in [4.78, 5) is 21.3. The molecule has 2 aromatic rings. The molecule has 0 unspecified atom stereocenters. The second-order valence-electron chi connectivity index (χ2n) is 3.42. The van der Waals surface area contributed by atoms with Gasteiger partial charge in [0.15, 0.2) is 0 Å². The molecule has 0 N–H and O–H groups in total. The number of amides is 1. The first kappa shape index (κ1) is 11.8. The average Bonchev–Trinajstić information content (AvgIpc) is 2.89. The van der Waals surface area contributed by atoms with Gasteiger partial charge in [0.25, 0.3) is 5.91 Å². The third-order valence-electron chi connectivity index (χ3n) is 2.20. The minimum atomic E-state index is -0.166. The maximum atomic E-state index is 11.9. The fraction of sp³-hybridized carbons (Fsp3) is 0.167. The number of carbonyl (C=O) groups is 1. The van der Waals surface area contributed by atoms with Gasteiger partial charge < -0.3 is 0 Å². The summed E-state index contributed by atoms with van der Waals surface area (Å²) < 4.78 is 0. The van der Waals surface area contributed by atoms with E-state index in [-0.39, 0.29) is 5.91 Å². The van der Waals surface area contributed by atoms with Crippen LogP contribution in [-0.4, -0.2) is 23.0 Å². The number of thiazole rings is 1. The largest absolute Gasteiger partial charge is 0.277 e. The van der Waals surface area contributed by atoms with Crippen LogP contribution in [0.15, 0.2) is 41.2 Å². The van der Waals surface area contributed by atoms with Crippen molar-refractivity contribution in [3.63, 3.8) is 0 Å². The van der Waals surface area contributed by atoms with E-state index in [2.05, 4.69) is 4.98 Å². The summed E-state index contributed by atoms with van der Waals surface area (Å²) in [6.45, 7) is 0.304. The Morgan fingerprint density at radius 3 is 2.82 bits per heavy atom. The highest BCUT2D eigenvalue weighted by atomic mass is 32.1. The summed E-state index contributed by atoms with van der Waals surface area (Å²) >= 11 is 1.50. The van der Waals surface area contributed by atoms with Crippen molar-refractivity contribution in [1.82, 2.24) is 10.0 Å². The van der Waals surface area contributed by atoms with Crippen LogP contribution < -0.4 is 0 Å². The molecule has 88 valence electrons. The highest BCUT2D eigenvalue weighted by Gasteiger charge is 2.11. The monoisotopic (exact) mass is 248 g/mol. The van der Waals surface area contributed by atoms with Gasteiger partial charge in [-0.1, -0.05) is 18.2 Å². The van der Waals surface area contributed by atoms with Gasteiger partial charge in [0.2, 0.25) is 0 Å². The minimum absolute atomic E-state index is 0.166. The van der Waals surface area contributed by atoms with Crippen LogP contribution >= 0.6 is 11.3 Å². The van der Waals surface area contributed by atoms with E-state index >= 15 is 0 Å². The number of nitrogens with zero attached hydrogens (tertiary/aromatic N) is 2. The fourth-order valence-corrected chi connectivity index (χ4v) is 1.84. The number of carbonyl (C=O) groups excluding carboxylic acids is 1. The number of benzene rings is 1. The Labute approximate surface area is 103 Å². The van der Waals surface area contributed by atoms with Crippen LogP contribution in [0.2, 0.25) is 0 Å². The Morgan fingerprint density at radius 2 is 2.18 bits per heavy atom. The first-order valence-electron chi connectivity index (χ1n) is 5.10. The van der Waals surface area contributed by atoms with Gasteiger partial charge in [0, 0.05) is 18.0 Å². The van der Waals surface area contributed by atoms with Crippen LogP contribution in [0.4, 0.5) is 0 Å². The zero-order valence-corrected chi connectivity index (χ0v) is 10.2. The van der Waals surface area contributed by atoms with E-state index in [4.69, 9.17) is 4.84 Å². The van der Waals surface area contributed by atoms with E-state index in [0.717, 1.165) is 5.69 Å². The molecule has 0 radical (unpaired) electrons. The number of rotatable bonds is 4. The summed E-state index contributed by atoms with van der Waals surface area (Å²) in [5.41, 5.74) is 3.16. The standard InChI is InChI=1S/C12H12N2O2S/c1-14(16-7-11-8-17-9-13-11)12(15)10-5-3-2-4-6-10/h2-6,8-9H,7H2,1H3. The topological polar surface area (TPSA) is 42.4 Å². The highest BCUT2D eigenvalue weighted by Crippen LogP contribution is 2.07. The Balaban J connectivity index is 1.92. The van der Waals surface area contributed by atoms with Gasteiger partial charge >= 0.3 is 0 Å². The molecule has 0 saturated carbocycles. The number of aromatic nitrogens is 1. The molecule has 2 rings (SSSR count). The van der Waals surface area contributed by atoms with Gasteiger partial charge in [-0.15, -0.1) is 11.3 Å². The molecule has 5 heteroatoms. The lowest BCUT2D eigenvalue weighted by Crippen LogP contribution is -2.26. The summed E-state index contributed by atoms with van der Waals surface area (Å²) in [6.07, 6.45) is 0. The summed E-state index contributed by atoms with van der Waals surface area (Å²) in [5, 5.41) is 3.12. The van der Waals surface area contributed by atoms with Crippen LogP contribution in [0.5, 0.6) is 0 Å². The van der Waals surface area contributed by atoms with E-state index in [1.165, 1.54) is 16.4 Å². The summed E-state index contributed by atoms with van der Waals surface area (Å²) in [7, 11) is 1.60. The van der Waals surface area contributed by atoms with Crippen molar-refractivity contribution in [2.45, 2.75) is 6.61 Å². The van der Waals surface area contributed by atoms with Crippen molar-refractivity contribution in [2.24, 2.45) is 0 Å². The zero-order valence-electron chi connectivity index (χ0n) is 9.37. The molecule has 1 heterocycles. The molecule has 0 atom stereocenters. The molecule has 0 aliphatic rings. The molecule has 0 fully saturated rings. The smallest absolute Gasteiger partial charge is 0.267 e. The van der Waals surface area contributed by atoms with Gasteiger partial charge in [-0.2, -0.15) is 0 Å². The Kier molecular flexibility index (Phi) is 3.85. The van der Waals surface area contributed by atoms with E-state index in [9.17, 15) is 4.79 Å². The van der Waals surface area contributed by atoms with Crippen LogP contribution in [-0.2, 0) is 11.4 Å². The Bertz CT molecular complexity index is 471. The predicted octanol–water partition coefficient (Wildman–Crippen LogP) is 2.35. The van der Waals surface area contributed by atoms with E-state index in [1.807, 2.05) is 23.6 Å². The second-order valence-corrected chi connectivity index (χ2v) is 4.14. The lowest BCUT2D eigenvalue weighted by Gasteiger charge is -2.15. The van der Waals surface area contributed by atoms with Crippen LogP contribution in [0.3, 0.4) is 0 Å². The summed E-state index contributed by atoms with van der Waals surface area (Å²) in [5.74, 6) is -0.166. The van der Waals surface area contributed by atoms with Crippen molar-refractivity contribution >= 4 is 17.2 Å². The maximum Gasteiger partial charge on any atom is 0.277 e. The Hall–Kier alpha value is -1.72. The first-order valence-corrected chi connectivity index (χ1v) is 6.05. The van der Waals surface area contributed by atoms with Crippen molar-refractivity contribution in [3.8, 4) is 0 Å². The van der Waals surface area contributed by atoms with Gasteiger partial charge in [0.1, 0.15) is 6.61 Å². The first-order chi connectivity index (χ1) is 8.27. The number of hydroxylamine groups is 2. The highest BCUT2D eigenvalue weighted by molar-refractivity contribution is 7.07. The molecule has 1 amide bonds. The number of hydrogen-bond donors (Lipinski definition) is 0. The molecule has 0 aliphatic heterocycles. The third kappa shape index (κ3) is 3.12. The number of hydrogen-bond acceptors (Lipinski definition) is 4. The Morgan fingerprint density at radius 1 is 1.41 bits per heavy atom. The molecule has 17 heavy (non-hydrogen) atoms. The molecular weight excluding hydrogens is 236 g/mol. The van der Waals surface area contributed by atoms with Crippen molar-refractivity contribution in [2.75, 3.05) is 7.05 Å². The van der Waals surface area contributed by atoms with E-state index in [1.54, 1.807) is 24.7 Å². The van der Waals surface area contributed by atoms with Crippen molar-refractivity contribution < 1.29 is 9.63 Å². The molecular formula is C12H12N2O2S. The van der Waals surface area contributed by atoms with E-state index < -0.39 is 0 Å². The molecule has 0 bridgehead atoms. The molecule has 1 aromatic heterocycles. The predicted molar refractivity (Wildman–Crippen MR) is 65.4 cm³/mol. The molecule has 0 spiro atoms. The molecule has 0 saturated heterocycles. The van der Waals surface area contributed by atoms with Crippen molar-refractivity contribution in [1.29, 1.82) is 0 Å². The fourth-order valence-electron chi connectivity index (χ4n) is 1.29. The van der Waals surface area contributed by atoms with Crippen LogP contribution in [0, 0.1) is 0 Å². The van der Waals surface area contributed by atoms with Crippen LogP contribution in [0.1, 0.15) is 16.1 Å². The lowest BCUT2D eigenvalue weighted by molar-refractivity contribution is -0.117. The van der Waals surface area contributed by atoms with Gasteiger partial charge in [-0.25, -0.2) is 10.0 Å².